The van der Waals surface area contributed by atoms with Gasteiger partial charge in [-0.05, 0) is 37.8 Å². The lowest BCUT2D eigenvalue weighted by molar-refractivity contribution is 0.0606. The van der Waals surface area contributed by atoms with Crippen LogP contribution in [0.2, 0.25) is 0 Å². The molecule has 2 fully saturated rings. The molecule has 8 heteroatoms. The molecular formula is C17H26N2O5S. The molecule has 0 aliphatic carbocycles. The highest BCUT2D eigenvalue weighted by Gasteiger charge is 2.28. The summed E-state index contributed by atoms with van der Waals surface area (Å²) in [4.78, 5) is 0. The molecule has 3 rings (SSSR count). The van der Waals surface area contributed by atoms with Gasteiger partial charge in [-0.3, -0.25) is 4.72 Å². The second kappa shape index (κ2) is 8.35. The Bertz CT molecular complexity index is 653. The van der Waals surface area contributed by atoms with Crippen LogP contribution < -0.4 is 9.46 Å². The third-order valence-corrected chi connectivity index (χ3v) is 6.15. The van der Waals surface area contributed by atoms with Crippen molar-refractivity contribution in [3.63, 3.8) is 0 Å². The molecule has 1 aromatic carbocycles. The molecule has 2 aliphatic rings. The molecule has 140 valence electrons. The SMILES string of the molecule is COC1CCN(S(=O)(=O)Nc2cccc(OCC3CCCO3)c2)CC1. The number of hydrogen-bond donors (Lipinski definition) is 1. The van der Waals surface area contributed by atoms with Crippen molar-refractivity contribution >= 4 is 15.9 Å². The Hall–Kier alpha value is -1.35. The number of piperidine rings is 1. The quantitative estimate of drug-likeness (QED) is 0.794. The minimum absolute atomic E-state index is 0.127. The summed E-state index contributed by atoms with van der Waals surface area (Å²) in [5.41, 5.74) is 0.499. The zero-order valence-electron chi connectivity index (χ0n) is 14.5. The number of ether oxygens (including phenoxy) is 3. The Morgan fingerprint density at radius 1 is 1.28 bits per heavy atom. The number of methoxy groups -OCH3 is 1. The number of benzene rings is 1. The van der Waals surface area contributed by atoms with Crippen LogP contribution in [0.1, 0.15) is 25.7 Å². The number of nitrogens with zero attached hydrogens (tertiary/aromatic N) is 1. The minimum Gasteiger partial charge on any atom is -0.491 e. The van der Waals surface area contributed by atoms with Crippen molar-refractivity contribution in [3.05, 3.63) is 24.3 Å². The van der Waals surface area contributed by atoms with Gasteiger partial charge < -0.3 is 14.2 Å². The number of hydrogen-bond acceptors (Lipinski definition) is 5. The lowest BCUT2D eigenvalue weighted by Crippen LogP contribution is -2.43. The van der Waals surface area contributed by atoms with E-state index in [-0.39, 0.29) is 12.2 Å². The standard InChI is InChI=1S/C17H26N2O5S/c1-22-15-7-9-19(10-8-15)25(20,21)18-14-4-2-5-16(12-14)24-13-17-6-3-11-23-17/h2,4-5,12,15,17-18H,3,6-11,13H2,1H3. The summed E-state index contributed by atoms with van der Waals surface area (Å²) >= 11 is 0. The van der Waals surface area contributed by atoms with Gasteiger partial charge in [0, 0.05) is 32.9 Å². The Morgan fingerprint density at radius 2 is 2.08 bits per heavy atom. The molecule has 0 radical (unpaired) electrons. The maximum atomic E-state index is 12.5. The molecule has 1 N–H and O–H groups in total. The van der Waals surface area contributed by atoms with Crippen molar-refractivity contribution < 1.29 is 22.6 Å². The average Bonchev–Trinajstić information content (AvgIpc) is 3.13. The molecule has 2 saturated heterocycles. The number of nitrogens with one attached hydrogen (secondary N) is 1. The van der Waals surface area contributed by atoms with Crippen molar-refractivity contribution in [2.45, 2.75) is 37.9 Å². The predicted octanol–water partition coefficient (Wildman–Crippen LogP) is 2.01. The van der Waals surface area contributed by atoms with E-state index in [1.807, 2.05) is 6.07 Å². The van der Waals surface area contributed by atoms with Gasteiger partial charge in [-0.25, -0.2) is 0 Å². The van der Waals surface area contributed by atoms with Gasteiger partial charge in [0.25, 0.3) is 0 Å². The van der Waals surface area contributed by atoms with Gasteiger partial charge in [-0.1, -0.05) is 6.07 Å². The molecule has 2 aliphatic heterocycles. The first-order chi connectivity index (χ1) is 12.1. The fraction of sp³-hybridized carbons (Fsp3) is 0.647. The minimum atomic E-state index is -3.57. The first-order valence-electron chi connectivity index (χ1n) is 8.72. The molecule has 0 spiro atoms. The van der Waals surface area contributed by atoms with E-state index in [0.717, 1.165) is 19.4 Å². The zero-order chi connectivity index (χ0) is 17.7. The predicted molar refractivity (Wildman–Crippen MR) is 95.1 cm³/mol. The van der Waals surface area contributed by atoms with Crippen LogP contribution in [0, 0.1) is 0 Å². The van der Waals surface area contributed by atoms with E-state index in [2.05, 4.69) is 4.72 Å². The van der Waals surface area contributed by atoms with E-state index in [1.54, 1.807) is 25.3 Å². The van der Waals surface area contributed by atoms with Gasteiger partial charge in [-0.15, -0.1) is 0 Å². The second-order valence-corrected chi connectivity index (χ2v) is 8.09. The zero-order valence-corrected chi connectivity index (χ0v) is 15.3. The summed E-state index contributed by atoms with van der Waals surface area (Å²) in [6.07, 6.45) is 3.75. The second-order valence-electron chi connectivity index (χ2n) is 6.42. The van der Waals surface area contributed by atoms with Gasteiger partial charge in [-0.2, -0.15) is 12.7 Å². The molecule has 1 atom stereocenters. The number of anilines is 1. The van der Waals surface area contributed by atoms with E-state index >= 15 is 0 Å². The van der Waals surface area contributed by atoms with Gasteiger partial charge in [0.15, 0.2) is 0 Å². The summed E-state index contributed by atoms with van der Waals surface area (Å²) in [7, 11) is -1.91. The van der Waals surface area contributed by atoms with Crippen LogP contribution in [0.4, 0.5) is 5.69 Å². The number of rotatable bonds is 7. The van der Waals surface area contributed by atoms with E-state index in [0.29, 0.717) is 44.0 Å². The molecule has 0 bridgehead atoms. The first-order valence-corrected chi connectivity index (χ1v) is 10.2. The lowest BCUT2D eigenvalue weighted by atomic mass is 10.1. The van der Waals surface area contributed by atoms with E-state index in [1.165, 1.54) is 4.31 Å². The van der Waals surface area contributed by atoms with E-state index < -0.39 is 10.2 Å². The summed E-state index contributed by atoms with van der Waals surface area (Å²) in [5, 5.41) is 0. The van der Waals surface area contributed by atoms with Crippen LogP contribution in [-0.4, -0.2) is 58.3 Å². The average molecular weight is 370 g/mol. The smallest absolute Gasteiger partial charge is 0.301 e. The first kappa shape index (κ1) is 18.4. The third kappa shape index (κ3) is 5.07. The summed E-state index contributed by atoms with van der Waals surface area (Å²) < 4.78 is 45.7. The molecule has 25 heavy (non-hydrogen) atoms. The Morgan fingerprint density at radius 3 is 2.76 bits per heavy atom. The molecule has 0 aromatic heterocycles. The van der Waals surface area contributed by atoms with Crippen LogP contribution in [0.5, 0.6) is 5.75 Å². The lowest BCUT2D eigenvalue weighted by Gasteiger charge is -2.30. The van der Waals surface area contributed by atoms with E-state index in [9.17, 15) is 8.42 Å². The van der Waals surface area contributed by atoms with Crippen molar-refractivity contribution in [3.8, 4) is 5.75 Å². The highest BCUT2D eigenvalue weighted by Crippen LogP contribution is 2.22. The summed E-state index contributed by atoms with van der Waals surface area (Å²) in [5.74, 6) is 0.633. The van der Waals surface area contributed by atoms with Crippen LogP contribution in [0.3, 0.4) is 0 Å². The van der Waals surface area contributed by atoms with Crippen LogP contribution in [-0.2, 0) is 19.7 Å². The largest absolute Gasteiger partial charge is 0.491 e. The summed E-state index contributed by atoms with van der Waals surface area (Å²) in [6, 6.07) is 7.02. The molecule has 1 aromatic rings. The molecule has 2 heterocycles. The normalized spacial score (nSPS) is 22.8. The van der Waals surface area contributed by atoms with Crippen LogP contribution in [0.25, 0.3) is 0 Å². The highest BCUT2D eigenvalue weighted by atomic mass is 32.2. The van der Waals surface area contributed by atoms with Gasteiger partial charge >= 0.3 is 10.2 Å². The third-order valence-electron chi connectivity index (χ3n) is 4.61. The molecule has 1 unspecified atom stereocenters. The Labute approximate surface area is 149 Å². The van der Waals surface area contributed by atoms with Crippen LogP contribution >= 0.6 is 0 Å². The monoisotopic (exact) mass is 370 g/mol. The van der Waals surface area contributed by atoms with Crippen molar-refractivity contribution in [2.75, 3.05) is 38.1 Å². The molecule has 7 nitrogen and oxygen atoms in total. The molecular weight excluding hydrogens is 344 g/mol. The van der Waals surface area contributed by atoms with Crippen LogP contribution in [0.15, 0.2) is 24.3 Å². The maximum Gasteiger partial charge on any atom is 0.301 e. The Balaban J connectivity index is 1.57. The Kier molecular flexibility index (Phi) is 6.16. The van der Waals surface area contributed by atoms with Crippen molar-refractivity contribution in [1.29, 1.82) is 0 Å². The highest BCUT2D eigenvalue weighted by molar-refractivity contribution is 7.90. The van der Waals surface area contributed by atoms with Gasteiger partial charge in [0.05, 0.1) is 17.9 Å². The fourth-order valence-corrected chi connectivity index (χ4v) is 4.38. The van der Waals surface area contributed by atoms with Gasteiger partial charge in [0.1, 0.15) is 12.4 Å². The molecule has 0 saturated carbocycles. The molecule has 0 amide bonds. The maximum absolute atomic E-state index is 12.5. The van der Waals surface area contributed by atoms with E-state index in [4.69, 9.17) is 14.2 Å². The topological polar surface area (TPSA) is 77.1 Å². The van der Waals surface area contributed by atoms with Gasteiger partial charge in [0.2, 0.25) is 0 Å². The van der Waals surface area contributed by atoms with Crippen molar-refractivity contribution in [1.82, 2.24) is 4.31 Å². The fourth-order valence-electron chi connectivity index (χ4n) is 3.14. The summed E-state index contributed by atoms with van der Waals surface area (Å²) in [6.45, 7) is 2.19. The van der Waals surface area contributed by atoms with Crippen molar-refractivity contribution in [2.24, 2.45) is 0 Å².